The van der Waals surface area contributed by atoms with E-state index in [2.05, 4.69) is 25.5 Å². The van der Waals surface area contributed by atoms with Gasteiger partial charge in [-0.05, 0) is 31.7 Å². The van der Waals surface area contributed by atoms with Gasteiger partial charge >= 0.3 is 0 Å². The number of hydrogen-bond donors (Lipinski definition) is 1. The summed E-state index contributed by atoms with van der Waals surface area (Å²) in [7, 11) is 1.97. The Bertz CT molecular complexity index is 920. The van der Waals surface area contributed by atoms with Crippen LogP contribution in [0.4, 0.5) is 5.82 Å². The maximum atomic E-state index is 6.34. The van der Waals surface area contributed by atoms with Crippen molar-refractivity contribution in [3.8, 4) is 0 Å². The van der Waals surface area contributed by atoms with Gasteiger partial charge in [-0.25, -0.2) is 14.6 Å². The minimum Gasteiger partial charge on any atom is -0.352 e. The van der Waals surface area contributed by atoms with Gasteiger partial charge in [0, 0.05) is 29.2 Å². The molecule has 0 radical (unpaired) electrons. The van der Waals surface area contributed by atoms with E-state index >= 15 is 0 Å². The van der Waals surface area contributed by atoms with Crippen LogP contribution in [-0.4, -0.2) is 51.1 Å². The van der Waals surface area contributed by atoms with Crippen molar-refractivity contribution in [2.24, 2.45) is 0 Å². The molecule has 4 rings (SSSR count). The molecule has 3 aromatic rings. The molecule has 0 spiro atoms. The number of anilines is 1. The quantitative estimate of drug-likeness (QED) is 0.753. The molecule has 0 amide bonds. The molecule has 0 bridgehead atoms. The third-order valence-corrected chi connectivity index (χ3v) is 5.13. The van der Waals surface area contributed by atoms with E-state index in [1.807, 2.05) is 26.1 Å². The number of fused-ring (bicyclic) bond motifs is 1. The number of aromatic nitrogens is 5. The summed E-state index contributed by atoms with van der Waals surface area (Å²) in [6.07, 6.45) is 1.74. The second kappa shape index (κ2) is 6.40. The summed E-state index contributed by atoms with van der Waals surface area (Å²) in [5, 5.41) is 12.8. The molecule has 1 N–H and O–H groups in total. The molecule has 1 atom stereocenters. The van der Waals surface area contributed by atoms with Gasteiger partial charge in [0.1, 0.15) is 5.82 Å². The molecule has 25 heavy (non-hydrogen) atoms. The molecule has 9 heteroatoms. The highest BCUT2D eigenvalue weighted by Gasteiger charge is 2.27. The summed E-state index contributed by atoms with van der Waals surface area (Å²) >= 11 is 12.3. The van der Waals surface area contributed by atoms with Gasteiger partial charge in [0.05, 0.1) is 12.2 Å². The zero-order valence-corrected chi connectivity index (χ0v) is 15.3. The van der Waals surface area contributed by atoms with Crippen LogP contribution in [0.1, 0.15) is 18.5 Å². The second-order valence-corrected chi connectivity index (χ2v) is 6.99. The Hall–Kier alpha value is -1.96. The molecular formula is C16H17Cl2N7. The van der Waals surface area contributed by atoms with Gasteiger partial charge in [0.2, 0.25) is 11.3 Å². The van der Waals surface area contributed by atoms with E-state index in [0.29, 0.717) is 27.4 Å². The molecule has 130 valence electrons. The van der Waals surface area contributed by atoms with E-state index in [9.17, 15) is 0 Å². The molecule has 1 aliphatic rings. The fourth-order valence-corrected chi connectivity index (χ4v) is 3.52. The van der Waals surface area contributed by atoms with E-state index in [4.69, 9.17) is 28.2 Å². The highest BCUT2D eigenvalue weighted by atomic mass is 35.5. The standard InChI is InChI=1S/C16H17Cl2N7/c1-9(12-4-3-10(17)5-13(12)18)25-16-15(22-23-25)20-6-14(21-16)24-7-11(8-24)19-2/h3-6,9,11,19H,7-8H2,1-2H3/t9-/m1/s1. The number of benzene rings is 1. The predicted molar refractivity (Wildman–Crippen MR) is 98.5 cm³/mol. The first-order valence-electron chi connectivity index (χ1n) is 8.02. The topological polar surface area (TPSA) is 71.8 Å². The zero-order chi connectivity index (χ0) is 17.6. The maximum Gasteiger partial charge on any atom is 0.221 e. The summed E-state index contributed by atoms with van der Waals surface area (Å²) in [4.78, 5) is 11.3. The van der Waals surface area contributed by atoms with Crippen LogP contribution in [0, 0.1) is 0 Å². The highest BCUT2D eigenvalue weighted by Crippen LogP contribution is 2.29. The van der Waals surface area contributed by atoms with E-state index in [-0.39, 0.29) is 6.04 Å². The first-order chi connectivity index (χ1) is 12.1. The maximum absolute atomic E-state index is 6.34. The summed E-state index contributed by atoms with van der Waals surface area (Å²) in [5.74, 6) is 0.831. The first kappa shape index (κ1) is 16.5. The van der Waals surface area contributed by atoms with Crippen LogP contribution in [0.5, 0.6) is 0 Å². The van der Waals surface area contributed by atoms with Crippen LogP contribution < -0.4 is 10.2 Å². The Morgan fingerprint density at radius 2 is 2.08 bits per heavy atom. The van der Waals surface area contributed by atoms with E-state index in [0.717, 1.165) is 24.5 Å². The zero-order valence-electron chi connectivity index (χ0n) is 13.8. The molecule has 1 aromatic carbocycles. The minimum atomic E-state index is -0.138. The van der Waals surface area contributed by atoms with E-state index in [1.54, 1.807) is 16.9 Å². The van der Waals surface area contributed by atoms with Crippen molar-refractivity contribution in [1.29, 1.82) is 0 Å². The number of nitrogens with one attached hydrogen (secondary N) is 1. The van der Waals surface area contributed by atoms with Crippen LogP contribution >= 0.6 is 23.2 Å². The van der Waals surface area contributed by atoms with Crippen molar-refractivity contribution in [3.63, 3.8) is 0 Å². The van der Waals surface area contributed by atoms with Gasteiger partial charge in [0.25, 0.3) is 0 Å². The highest BCUT2D eigenvalue weighted by molar-refractivity contribution is 6.35. The number of hydrogen-bond acceptors (Lipinski definition) is 6. The Balaban J connectivity index is 1.69. The van der Waals surface area contributed by atoms with Gasteiger partial charge in [-0.2, -0.15) is 0 Å². The van der Waals surface area contributed by atoms with E-state index in [1.165, 1.54) is 0 Å². The molecule has 0 unspecified atom stereocenters. The Morgan fingerprint density at radius 1 is 1.28 bits per heavy atom. The van der Waals surface area contributed by atoms with Crippen LogP contribution in [0.25, 0.3) is 11.3 Å². The molecular weight excluding hydrogens is 361 g/mol. The third kappa shape index (κ3) is 2.92. The van der Waals surface area contributed by atoms with E-state index < -0.39 is 0 Å². The normalized spacial score (nSPS) is 16.2. The average Bonchev–Trinajstić information content (AvgIpc) is 2.96. The second-order valence-electron chi connectivity index (χ2n) is 6.14. The van der Waals surface area contributed by atoms with Gasteiger partial charge in [-0.3, -0.25) is 0 Å². The van der Waals surface area contributed by atoms with Crippen molar-refractivity contribution < 1.29 is 0 Å². The summed E-state index contributed by atoms with van der Waals surface area (Å²) < 4.78 is 1.75. The Labute approximate surface area is 155 Å². The van der Waals surface area contributed by atoms with Crippen molar-refractivity contribution in [2.75, 3.05) is 25.0 Å². The summed E-state index contributed by atoms with van der Waals surface area (Å²) in [5.41, 5.74) is 2.07. The van der Waals surface area contributed by atoms with Crippen LogP contribution in [0.2, 0.25) is 10.0 Å². The van der Waals surface area contributed by atoms with Crippen molar-refractivity contribution in [1.82, 2.24) is 30.3 Å². The van der Waals surface area contributed by atoms with Crippen LogP contribution in [0.3, 0.4) is 0 Å². The molecule has 2 aromatic heterocycles. The number of rotatable bonds is 4. The molecule has 1 aliphatic heterocycles. The summed E-state index contributed by atoms with van der Waals surface area (Å²) in [6, 6.07) is 5.79. The molecule has 0 aliphatic carbocycles. The summed E-state index contributed by atoms with van der Waals surface area (Å²) in [6.45, 7) is 3.83. The van der Waals surface area contributed by atoms with Gasteiger partial charge in [-0.1, -0.05) is 34.5 Å². The SMILES string of the molecule is CNC1CN(c2cnc3nnn([C@H](C)c4ccc(Cl)cc4Cl)c3n2)C1. The number of likely N-dealkylation sites (N-methyl/N-ethyl adjacent to an activating group) is 1. The van der Waals surface area contributed by atoms with Crippen LogP contribution in [0.15, 0.2) is 24.4 Å². The van der Waals surface area contributed by atoms with Gasteiger partial charge in [0.15, 0.2) is 0 Å². The average molecular weight is 378 g/mol. The van der Waals surface area contributed by atoms with Crippen molar-refractivity contribution in [3.05, 3.63) is 40.0 Å². The van der Waals surface area contributed by atoms with Gasteiger partial charge in [-0.15, -0.1) is 5.10 Å². The molecule has 7 nitrogen and oxygen atoms in total. The molecule has 1 fully saturated rings. The lowest BCUT2D eigenvalue weighted by molar-refractivity contribution is 0.447. The molecule has 3 heterocycles. The van der Waals surface area contributed by atoms with Crippen LogP contribution in [-0.2, 0) is 0 Å². The predicted octanol–water partition coefficient (Wildman–Crippen LogP) is 2.55. The van der Waals surface area contributed by atoms with Gasteiger partial charge < -0.3 is 10.2 Å². The Morgan fingerprint density at radius 3 is 2.80 bits per heavy atom. The molecule has 0 saturated carbocycles. The van der Waals surface area contributed by atoms with Crippen molar-refractivity contribution in [2.45, 2.75) is 19.0 Å². The fraction of sp³-hybridized carbons (Fsp3) is 0.375. The minimum absolute atomic E-state index is 0.138. The lowest BCUT2D eigenvalue weighted by Crippen LogP contribution is -2.57. The first-order valence-corrected chi connectivity index (χ1v) is 8.77. The fourth-order valence-electron chi connectivity index (χ4n) is 2.95. The number of halogens is 2. The number of nitrogens with zero attached hydrogens (tertiary/aromatic N) is 6. The Kier molecular flexibility index (Phi) is 4.23. The smallest absolute Gasteiger partial charge is 0.221 e. The largest absolute Gasteiger partial charge is 0.352 e. The third-order valence-electron chi connectivity index (χ3n) is 4.57. The lowest BCUT2D eigenvalue weighted by Gasteiger charge is -2.39. The lowest BCUT2D eigenvalue weighted by atomic mass is 10.1. The van der Waals surface area contributed by atoms with Crippen molar-refractivity contribution >= 4 is 40.3 Å². The monoisotopic (exact) mass is 377 g/mol. The molecule has 1 saturated heterocycles.